The Morgan fingerprint density at radius 3 is 1.19 bits per heavy atom. The minimum atomic E-state index is -1.45. The summed E-state index contributed by atoms with van der Waals surface area (Å²) >= 11 is 5.66. The number of fused-ring (bicyclic) bond motifs is 20. The predicted octanol–water partition coefficient (Wildman–Crippen LogP) is 19.2. The molecule has 15 unspecified atom stereocenters. The van der Waals surface area contributed by atoms with Crippen LogP contribution in [-0.2, 0) is 33.6 Å². The van der Waals surface area contributed by atoms with Crippen LogP contribution in [0.5, 0.6) is 0 Å². The number of Topliss-reactive ketones (excluding diaryl/α,β-unsaturated/α-hetero) is 3. The van der Waals surface area contributed by atoms with Gasteiger partial charge in [0.05, 0.1) is 104 Å². The lowest BCUT2D eigenvalue weighted by Gasteiger charge is -2.60. The van der Waals surface area contributed by atoms with E-state index in [1.807, 2.05) is 94.7 Å². The summed E-state index contributed by atoms with van der Waals surface area (Å²) in [7, 11) is 0. The Morgan fingerprint density at radius 2 is 0.792 bits per heavy atom. The molecule has 21 atom stereocenters. The fourth-order valence-corrected chi connectivity index (χ4v) is 32.4. The average Bonchev–Trinajstić information content (AvgIpc) is 1.46. The summed E-state index contributed by atoms with van der Waals surface area (Å²) in [5.41, 5.74) is 13.1. The van der Waals surface area contributed by atoms with Crippen molar-refractivity contribution >= 4 is 103 Å². The molecule has 7 heterocycles. The zero-order chi connectivity index (χ0) is 90.1. The molecule has 674 valence electrons. The van der Waals surface area contributed by atoms with E-state index in [0.29, 0.717) is 38.5 Å². The second-order valence-electron chi connectivity index (χ2n) is 41.9. The number of hydrogen-bond acceptors (Lipinski definition) is 20. The molecule has 12 aliphatic carbocycles. The SMILES string of the molecule is Cc1ccc(-n2ncc3c2C=C2CCC4C([C@@H](O)CC5(C)C4CC[C@]5(O)C(=O)CSc4ccc5ccccc5n4)C2(C)C3)cc1.Cc1ccc(-n2ncc3c2C=C2CCC4C([C@@H](O)CC5(C)C4CC[C@]5(O)C(=O)CSc4ccccn4)C2(C)C3)cc1.Cc1ccc(-n2ncc3c2C=C2CCC4C([C@@H](O)CC5(C)C4CC[C@]5(O)C(=O)CSc4nc5cccnc5s4)C2(C)C3)cc1. The van der Waals surface area contributed by atoms with E-state index in [1.165, 1.54) is 96.7 Å². The molecule has 9 saturated carbocycles. The van der Waals surface area contributed by atoms with Gasteiger partial charge in [0.25, 0.3) is 0 Å². The van der Waals surface area contributed by atoms with Gasteiger partial charge in [-0.3, -0.25) is 14.4 Å². The van der Waals surface area contributed by atoms with Crippen LogP contribution in [0.15, 0.2) is 202 Å². The maximum absolute atomic E-state index is 13.9. The molecule has 0 amide bonds. The summed E-state index contributed by atoms with van der Waals surface area (Å²) in [6, 6.07) is 46.8. The summed E-state index contributed by atoms with van der Waals surface area (Å²) in [5.74, 6) is 1.76. The van der Waals surface area contributed by atoms with E-state index in [1.54, 1.807) is 12.4 Å². The third-order valence-corrected chi connectivity index (χ3v) is 39.3. The number of ketones is 3. The van der Waals surface area contributed by atoms with Crippen LogP contribution in [0.25, 0.3) is 56.5 Å². The summed E-state index contributed by atoms with van der Waals surface area (Å²) in [6.45, 7) is 19.5. The number of nitrogens with zero attached hydrogens (tertiary/aromatic N) is 10. The highest BCUT2D eigenvalue weighted by atomic mass is 32.2. The third-order valence-electron chi connectivity index (χ3n) is 35.3. The van der Waals surface area contributed by atoms with Gasteiger partial charge in [-0.1, -0.05) is 188 Å². The Morgan fingerprint density at radius 1 is 0.415 bits per heavy atom. The second kappa shape index (κ2) is 32.8. The Labute approximate surface area is 777 Å². The van der Waals surface area contributed by atoms with Gasteiger partial charge in [0, 0.05) is 34.0 Å². The predicted molar refractivity (Wildman–Crippen MR) is 513 cm³/mol. The minimum Gasteiger partial charge on any atom is -0.393 e. The lowest BCUT2D eigenvalue weighted by atomic mass is 9.45. The number of thioether (sulfide) groups is 3. The van der Waals surface area contributed by atoms with Crippen molar-refractivity contribution in [2.24, 2.45) is 85.8 Å². The summed E-state index contributed by atoms with van der Waals surface area (Å²) in [5, 5.41) is 89.4. The number of aromatic nitrogens is 10. The molecular formula is C107H118N10O9S4. The van der Waals surface area contributed by atoms with Crippen LogP contribution in [0.4, 0.5) is 0 Å². The van der Waals surface area contributed by atoms with Gasteiger partial charge in [0.2, 0.25) is 0 Å². The smallest absolute Gasteiger partial charge is 0.175 e. The molecule has 4 aromatic carbocycles. The quantitative estimate of drug-likeness (QED) is 0.0520. The van der Waals surface area contributed by atoms with Crippen molar-refractivity contribution in [3.05, 3.63) is 238 Å². The van der Waals surface area contributed by atoms with Crippen LogP contribution in [0, 0.1) is 107 Å². The highest BCUT2D eigenvalue weighted by molar-refractivity contribution is 8.01. The number of hydrogen-bond donors (Lipinski definition) is 6. The number of aryl methyl sites for hydroxylation is 3. The molecule has 11 aromatic rings. The Bertz CT molecular complexity index is 6350. The van der Waals surface area contributed by atoms with E-state index in [4.69, 9.17) is 20.3 Å². The summed E-state index contributed by atoms with van der Waals surface area (Å²) in [4.78, 5) is 60.3. The molecular weight excluding hydrogens is 1700 g/mol. The van der Waals surface area contributed by atoms with Crippen LogP contribution in [0.1, 0.15) is 188 Å². The first-order valence-electron chi connectivity index (χ1n) is 47.1. The number of aliphatic hydroxyl groups excluding tert-OH is 3. The highest BCUT2D eigenvalue weighted by Gasteiger charge is 2.72. The van der Waals surface area contributed by atoms with E-state index in [-0.39, 0.29) is 104 Å². The number of rotatable bonds is 15. The monoisotopic (exact) mass is 1810 g/mol. The Balaban J connectivity index is 0.000000118. The fraction of sp³-hybridized carbons (Fsp3) is 0.477. The van der Waals surface area contributed by atoms with Crippen LogP contribution in [0.3, 0.4) is 0 Å². The van der Waals surface area contributed by atoms with Gasteiger partial charge in [0.1, 0.15) is 27.2 Å². The normalized spacial score (nSPS) is 34.4. The lowest BCUT2D eigenvalue weighted by Crippen LogP contribution is -2.62. The topological polar surface area (TPSA) is 278 Å². The number of benzene rings is 4. The van der Waals surface area contributed by atoms with Crippen molar-refractivity contribution in [1.82, 2.24) is 49.3 Å². The van der Waals surface area contributed by atoms with Gasteiger partial charge < -0.3 is 30.6 Å². The van der Waals surface area contributed by atoms with Gasteiger partial charge >= 0.3 is 0 Å². The molecule has 12 aliphatic rings. The molecule has 0 radical (unpaired) electrons. The average molecular weight is 1820 g/mol. The minimum absolute atomic E-state index is 0.0820. The number of carbonyl (C=O) groups excluding carboxylic acids is 3. The van der Waals surface area contributed by atoms with Crippen molar-refractivity contribution in [2.75, 3.05) is 17.3 Å². The Hall–Kier alpha value is -8.85. The van der Waals surface area contributed by atoms with Gasteiger partial charge in [0.15, 0.2) is 21.7 Å². The number of allylic oxidation sites excluding steroid dienone is 3. The zero-order valence-electron chi connectivity index (χ0n) is 75.7. The second-order valence-corrected chi connectivity index (χ2v) is 46.1. The highest BCUT2D eigenvalue weighted by Crippen LogP contribution is 2.72. The maximum atomic E-state index is 13.9. The van der Waals surface area contributed by atoms with E-state index >= 15 is 0 Å². The van der Waals surface area contributed by atoms with Crippen molar-refractivity contribution in [1.29, 1.82) is 0 Å². The maximum Gasteiger partial charge on any atom is 0.175 e. The molecule has 0 bridgehead atoms. The van der Waals surface area contributed by atoms with Gasteiger partial charge in [-0.25, -0.2) is 34.0 Å². The van der Waals surface area contributed by atoms with E-state index in [9.17, 15) is 45.0 Å². The molecule has 7 aromatic heterocycles. The van der Waals surface area contributed by atoms with E-state index in [0.717, 1.165) is 147 Å². The van der Waals surface area contributed by atoms with Crippen LogP contribution < -0.4 is 0 Å². The summed E-state index contributed by atoms with van der Waals surface area (Å²) < 4.78 is 6.94. The number of para-hydroxylation sites is 1. The van der Waals surface area contributed by atoms with Crippen LogP contribution in [0.2, 0.25) is 0 Å². The molecule has 9 fully saturated rings. The first kappa shape index (κ1) is 87.8. The van der Waals surface area contributed by atoms with E-state index < -0.39 is 51.4 Å². The third kappa shape index (κ3) is 14.0. The Kier molecular flexibility index (Phi) is 22.1. The molecule has 130 heavy (non-hydrogen) atoms. The first-order chi connectivity index (χ1) is 62.3. The molecule has 23 rings (SSSR count). The molecule has 0 spiro atoms. The summed E-state index contributed by atoms with van der Waals surface area (Å²) in [6.07, 6.45) is 28.3. The van der Waals surface area contributed by atoms with Crippen molar-refractivity contribution < 1.29 is 45.0 Å². The van der Waals surface area contributed by atoms with E-state index in [2.05, 4.69) is 173 Å². The molecule has 0 saturated heterocycles. The molecule has 0 aliphatic heterocycles. The zero-order valence-corrected chi connectivity index (χ0v) is 79.0. The van der Waals surface area contributed by atoms with Crippen LogP contribution in [-0.4, -0.2) is 150 Å². The largest absolute Gasteiger partial charge is 0.393 e. The van der Waals surface area contributed by atoms with Crippen molar-refractivity contribution in [2.45, 2.75) is 227 Å². The van der Waals surface area contributed by atoms with Gasteiger partial charge in [-0.05, 0) is 314 Å². The lowest BCUT2D eigenvalue weighted by molar-refractivity contribution is -0.178. The van der Waals surface area contributed by atoms with Crippen molar-refractivity contribution in [3.63, 3.8) is 0 Å². The first-order valence-corrected chi connectivity index (χ1v) is 50.9. The number of pyridine rings is 3. The standard InChI is InChI=1S/C38H41N3O3S.C35H38N4O3S2.C34H39N3O3S/c1-23-8-12-27(13-9-23)41-31-18-26-11-14-28-29-16-17-38(44,33(43)22-45-34-15-10-24-6-4-5-7-30(24)40-34)37(29,3)20-32(42)35(28)36(26,2)19-25(31)21-39-41;1-20-6-9-23(10-7-20)39-27-15-22-8-11-24-25-12-13-35(42,29(41)19-43-32-38-26-5-4-14-36-31(26)44-32)34(25,3)17-28(40)30(24)33(22,2)16-21(27)18-37-39;1-21-7-10-24(11-8-21)37-27-16-23-9-12-25-26-13-14-34(40,29(39)20-41-30-6-4-5-15-35-30)33(26,3)18-28(38)31(25)32(23,2)17-22(27)19-36-37/h4-10,12-13,15,18,21,28-29,32,35,42,44H,11,14,16-17,19-20,22H2,1-3H3;4-7,9-10,14-15,18,24-25,28,30,40,42H,8,11-13,16-17,19H2,1-3H3;4-8,10-11,15-16,19,25-26,28,31,38,40H,9,12-14,17-18,20H2,1-3H3/t28?,29?,32-,35?,36?,37?,38-;24?,25?,28-,30?,33?,34?,35-;25?,26?,28-,31?,32?,33?,34-/m000/s1. The molecule has 19 nitrogen and oxygen atoms in total. The number of carbonyl (C=O) groups is 3. The number of thiazole rings is 1. The van der Waals surface area contributed by atoms with Gasteiger partial charge in [-0.2, -0.15) is 15.3 Å². The number of aliphatic hydroxyl groups is 6. The van der Waals surface area contributed by atoms with Crippen LogP contribution >= 0.6 is 46.6 Å². The molecule has 6 N–H and O–H groups in total. The van der Waals surface area contributed by atoms with Gasteiger partial charge in [-0.15, -0.1) is 0 Å². The fourth-order valence-electron chi connectivity index (χ4n) is 28.8. The molecule has 23 heteroatoms. The van der Waals surface area contributed by atoms with Crippen molar-refractivity contribution in [3.8, 4) is 17.1 Å².